The zero-order valence-corrected chi connectivity index (χ0v) is 17.2. The van der Waals surface area contributed by atoms with Gasteiger partial charge >= 0.3 is 0 Å². The van der Waals surface area contributed by atoms with Crippen LogP contribution in [0.4, 0.5) is 0 Å². The van der Waals surface area contributed by atoms with Crippen molar-refractivity contribution in [3.05, 3.63) is 71.8 Å². The Hall–Kier alpha value is -1.72. The molecule has 0 aliphatic rings. The molecule has 0 bridgehead atoms. The van der Waals surface area contributed by atoms with Gasteiger partial charge in [0.05, 0.1) is 25.9 Å². The van der Waals surface area contributed by atoms with E-state index in [-0.39, 0.29) is 6.10 Å². The first-order chi connectivity index (χ1) is 13.9. The van der Waals surface area contributed by atoms with Crippen molar-refractivity contribution in [2.24, 2.45) is 0 Å². The molecule has 0 heterocycles. The van der Waals surface area contributed by atoms with Crippen LogP contribution in [0.25, 0.3) is 0 Å². The van der Waals surface area contributed by atoms with Crippen LogP contribution in [0.5, 0.6) is 0 Å². The van der Waals surface area contributed by atoms with Crippen LogP contribution in [0.15, 0.2) is 60.7 Å². The van der Waals surface area contributed by atoms with Gasteiger partial charge in [0.25, 0.3) is 0 Å². The van der Waals surface area contributed by atoms with E-state index in [1.54, 1.807) is 0 Å². The number of ether oxygens (including phenoxy) is 2. The molecule has 2 aromatic rings. The standard InChI is InChI=1S/C24H36N2O2/c1-2-3-14-24(28-18-16-26-20-23-12-8-5-9-13-23)21-27-17-15-25-19-22-10-6-4-7-11-22/h4-13,24-26H,2-3,14-21H2,1H3. The fourth-order valence-electron chi connectivity index (χ4n) is 2.96. The highest BCUT2D eigenvalue weighted by molar-refractivity contribution is 5.14. The second-order valence-corrected chi connectivity index (χ2v) is 7.03. The van der Waals surface area contributed by atoms with Crippen molar-refractivity contribution in [2.75, 3.05) is 32.9 Å². The van der Waals surface area contributed by atoms with E-state index in [0.717, 1.165) is 39.2 Å². The molecule has 154 valence electrons. The van der Waals surface area contributed by atoms with Crippen LogP contribution in [0.1, 0.15) is 37.3 Å². The van der Waals surface area contributed by atoms with Crippen molar-refractivity contribution in [1.82, 2.24) is 10.6 Å². The van der Waals surface area contributed by atoms with Gasteiger partial charge in [-0.25, -0.2) is 0 Å². The van der Waals surface area contributed by atoms with Crippen molar-refractivity contribution < 1.29 is 9.47 Å². The summed E-state index contributed by atoms with van der Waals surface area (Å²) in [6.07, 6.45) is 3.61. The minimum Gasteiger partial charge on any atom is -0.377 e. The lowest BCUT2D eigenvalue weighted by atomic mass is 10.2. The maximum atomic E-state index is 6.05. The van der Waals surface area contributed by atoms with E-state index in [0.29, 0.717) is 13.2 Å². The van der Waals surface area contributed by atoms with Crippen LogP contribution in [0, 0.1) is 0 Å². The highest BCUT2D eigenvalue weighted by Crippen LogP contribution is 2.06. The predicted octanol–water partition coefficient (Wildman–Crippen LogP) is 4.16. The number of hydrogen-bond acceptors (Lipinski definition) is 4. The van der Waals surface area contributed by atoms with Gasteiger partial charge in [-0.1, -0.05) is 80.4 Å². The molecule has 1 atom stereocenters. The van der Waals surface area contributed by atoms with E-state index in [1.807, 2.05) is 12.1 Å². The normalized spacial score (nSPS) is 12.2. The molecule has 0 aliphatic heterocycles. The molecule has 0 amide bonds. The van der Waals surface area contributed by atoms with Gasteiger partial charge in [0.2, 0.25) is 0 Å². The Kier molecular flexibility index (Phi) is 12.3. The van der Waals surface area contributed by atoms with Gasteiger partial charge in [-0.15, -0.1) is 0 Å². The number of nitrogens with one attached hydrogen (secondary N) is 2. The summed E-state index contributed by atoms with van der Waals surface area (Å²) in [6, 6.07) is 20.9. The Morgan fingerprint density at radius 3 is 1.93 bits per heavy atom. The summed E-state index contributed by atoms with van der Waals surface area (Å²) >= 11 is 0. The van der Waals surface area contributed by atoms with Crippen LogP contribution < -0.4 is 10.6 Å². The van der Waals surface area contributed by atoms with Crippen LogP contribution in [0.3, 0.4) is 0 Å². The second-order valence-electron chi connectivity index (χ2n) is 7.03. The molecule has 2 N–H and O–H groups in total. The summed E-state index contributed by atoms with van der Waals surface area (Å²) in [5, 5.41) is 6.86. The van der Waals surface area contributed by atoms with Crippen LogP contribution >= 0.6 is 0 Å². The highest BCUT2D eigenvalue weighted by atomic mass is 16.5. The van der Waals surface area contributed by atoms with Crippen molar-refractivity contribution in [2.45, 2.75) is 45.4 Å². The first kappa shape index (κ1) is 22.6. The van der Waals surface area contributed by atoms with Gasteiger partial charge in [0.1, 0.15) is 0 Å². The minimum absolute atomic E-state index is 0.188. The lowest BCUT2D eigenvalue weighted by Crippen LogP contribution is -2.27. The van der Waals surface area contributed by atoms with E-state index in [2.05, 4.69) is 66.1 Å². The van der Waals surface area contributed by atoms with Crippen molar-refractivity contribution in [3.8, 4) is 0 Å². The molecular weight excluding hydrogens is 348 g/mol. The topological polar surface area (TPSA) is 42.5 Å². The molecule has 1 unspecified atom stereocenters. The second kappa shape index (κ2) is 15.2. The Bertz CT molecular complexity index is 592. The molecule has 2 aromatic carbocycles. The Balaban J connectivity index is 1.52. The molecule has 0 aliphatic carbocycles. The largest absolute Gasteiger partial charge is 0.377 e. The van der Waals surface area contributed by atoms with Crippen molar-refractivity contribution in [3.63, 3.8) is 0 Å². The fraction of sp³-hybridized carbons (Fsp3) is 0.500. The summed E-state index contributed by atoms with van der Waals surface area (Å²) in [5.41, 5.74) is 2.60. The quantitative estimate of drug-likeness (QED) is 0.427. The van der Waals surface area contributed by atoms with E-state index in [9.17, 15) is 0 Å². The van der Waals surface area contributed by atoms with E-state index < -0.39 is 0 Å². The monoisotopic (exact) mass is 384 g/mol. The summed E-state index contributed by atoms with van der Waals surface area (Å²) in [5.74, 6) is 0. The summed E-state index contributed by atoms with van der Waals surface area (Å²) in [4.78, 5) is 0. The Labute approximate surface area is 170 Å². The smallest absolute Gasteiger partial charge is 0.0809 e. The molecule has 0 spiro atoms. The number of rotatable bonds is 16. The van der Waals surface area contributed by atoms with E-state index >= 15 is 0 Å². The average Bonchev–Trinajstić information content (AvgIpc) is 2.75. The zero-order chi connectivity index (χ0) is 19.7. The number of unbranched alkanes of at least 4 members (excludes halogenated alkanes) is 1. The SMILES string of the molecule is CCCCC(COCCNCc1ccccc1)OCCNCc1ccccc1. The third kappa shape index (κ3) is 10.6. The van der Waals surface area contributed by atoms with Gasteiger partial charge < -0.3 is 20.1 Å². The van der Waals surface area contributed by atoms with Gasteiger partial charge in [-0.2, -0.15) is 0 Å². The van der Waals surface area contributed by atoms with E-state index in [1.165, 1.54) is 24.0 Å². The van der Waals surface area contributed by atoms with Crippen LogP contribution in [0.2, 0.25) is 0 Å². The summed E-state index contributed by atoms with van der Waals surface area (Å²) < 4.78 is 11.9. The van der Waals surface area contributed by atoms with Gasteiger partial charge in [0, 0.05) is 26.2 Å². The summed E-state index contributed by atoms with van der Waals surface area (Å²) in [6.45, 7) is 7.80. The van der Waals surface area contributed by atoms with E-state index in [4.69, 9.17) is 9.47 Å². The molecule has 0 fully saturated rings. The third-order valence-corrected chi connectivity index (χ3v) is 4.58. The molecule has 2 rings (SSSR count). The van der Waals surface area contributed by atoms with Crippen LogP contribution in [-0.4, -0.2) is 39.0 Å². The Morgan fingerprint density at radius 1 is 0.786 bits per heavy atom. The van der Waals surface area contributed by atoms with Crippen molar-refractivity contribution >= 4 is 0 Å². The van der Waals surface area contributed by atoms with Crippen molar-refractivity contribution in [1.29, 1.82) is 0 Å². The molecule has 4 heteroatoms. The number of hydrogen-bond donors (Lipinski definition) is 2. The van der Waals surface area contributed by atoms with Gasteiger partial charge in [-0.3, -0.25) is 0 Å². The average molecular weight is 385 g/mol. The molecule has 0 saturated heterocycles. The van der Waals surface area contributed by atoms with Crippen LogP contribution in [-0.2, 0) is 22.6 Å². The van der Waals surface area contributed by atoms with Gasteiger partial charge in [0.15, 0.2) is 0 Å². The third-order valence-electron chi connectivity index (χ3n) is 4.58. The molecule has 28 heavy (non-hydrogen) atoms. The first-order valence-corrected chi connectivity index (χ1v) is 10.6. The highest BCUT2D eigenvalue weighted by Gasteiger charge is 2.09. The molecule has 0 radical (unpaired) electrons. The molecule has 4 nitrogen and oxygen atoms in total. The molecule has 0 saturated carbocycles. The molecular formula is C24H36N2O2. The lowest BCUT2D eigenvalue weighted by molar-refractivity contribution is -0.0193. The maximum absolute atomic E-state index is 6.05. The predicted molar refractivity (Wildman–Crippen MR) is 116 cm³/mol. The van der Waals surface area contributed by atoms with Gasteiger partial charge in [-0.05, 0) is 17.5 Å². The Morgan fingerprint density at radius 2 is 1.36 bits per heavy atom. The maximum Gasteiger partial charge on any atom is 0.0809 e. The fourth-order valence-corrected chi connectivity index (χ4v) is 2.96. The first-order valence-electron chi connectivity index (χ1n) is 10.6. The lowest BCUT2D eigenvalue weighted by Gasteiger charge is -2.18. The summed E-state index contributed by atoms with van der Waals surface area (Å²) in [7, 11) is 0. The number of benzene rings is 2. The zero-order valence-electron chi connectivity index (χ0n) is 17.2. The minimum atomic E-state index is 0.188. The molecule has 0 aromatic heterocycles.